The lowest BCUT2D eigenvalue weighted by Gasteiger charge is -2.34. The van der Waals surface area contributed by atoms with E-state index in [4.69, 9.17) is 4.74 Å². The molecule has 17 heavy (non-hydrogen) atoms. The molecule has 0 aromatic heterocycles. The van der Waals surface area contributed by atoms with Crippen molar-refractivity contribution in [2.75, 3.05) is 0 Å². The maximum Gasteiger partial charge on any atom is 0.119 e. The number of aromatic hydroxyl groups is 1. The van der Waals surface area contributed by atoms with E-state index >= 15 is 0 Å². The number of ether oxygens (including phenoxy) is 1. The Morgan fingerprint density at radius 3 is 2.59 bits per heavy atom. The molecular weight excluding hydrogens is 212 g/mol. The number of hydrogen-bond donors (Lipinski definition) is 1. The Hall–Kier alpha value is -1.02. The minimum atomic E-state index is 0.0338. The predicted octanol–water partition coefficient (Wildman–Crippen LogP) is 3.16. The minimum absolute atomic E-state index is 0.0338. The Bertz CT molecular complexity index is 482. The molecule has 1 saturated carbocycles. The Balaban J connectivity index is 2.04. The Labute approximate surface area is 103 Å². The van der Waals surface area contributed by atoms with E-state index in [9.17, 15) is 5.11 Å². The largest absolute Gasteiger partial charge is 0.508 e. The second-order valence-corrected chi connectivity index (χ2v) is 6.15. The van der Waals surface area contributed by atoms with Crippen molar-refractivity contribution in [1.29, 1.82) is 0 Å². The molecule has 2 unspecified atom stereocenters. The van der Waals surface area contributed by atoms with Gasteiger partial charge >= 0.3 is 0 Å². The van der Waals surface area contributed by atoms with Crippen LogP contribution in [-0.2, 0) is 10.2 Å². The fourth-order valence-corrected chi connectivity index (χ4v) is 3.56. The lowest BCUT2D eigenvalue weighted by molar-refractivity contribution is 0.141. The minimum Gasteiger partial charge on any atom is -0.508 e. The van der Waals surface area contributed by atoms with Gasteiger partial charge in [-0.2, -0.15) is 0 Å². The topological polar surface area (TPSA) is 32.8 Å². The van der Waals surface area contributed by atoms with Crippen LogP contribution in [0.5, 0.6) is 5.75 Å². The third-order valence-corrected chi connectivity index (χ3v) is 5.17. The van der Waals surface area contributed by atoms with Gasteiger partial charge < -0.3 is 9.84 Å². The quantitative estimate of drug-likeness (QED) is 0.754. The summed E-state index contributed by atoms with van der Waals surface area (Å²) in [5.74, 6) is 0.873. The summed E-state index contributed by atoms with van der Waals surface area (Å²) in [6, 6.07) is 6.02. The molecule has 1 saturated heterocycles. The normalized spacial score (nSPS) is 43.5. The number of benzene rings is 1. The van der Waals surface area contributed by atoms with Gasteiger partial charge in [-0.1, -0.05) is 26.0 Å². The molecular formula is C15H20O2. The summed E-state index contributed by atoms with van der Waals surface area (Å²) in [5.41, 5.74) is 2.25. The summed E-state index contributed by atoms with van der Waals surface area (Å²) >= 11 is 0. The molecule has 4 atom stereocenters. The molecule has 92 valence electrons. The van der Waals surface area contributed by atoms with Gasteiger partial charge in [0.15, 0.2) is 0 Å². The molecule has 3 rings (SSSR count). The fraction of sp³-hybridized carbons (Fsp3) is 0.600. The zero-order chi connectivity index (χ0) is 12.4. The molecule has 1 aromatic rings. The van der Waals surface area contributed by atoms with E-state index in [1.807, 2.05) is 13.0 Å². The van der Waals surface area contributed by atoms with E-state index in [-0.39, 0.29) is 11.0 Å². The SMILES string of the molecule is Cc1ccc([C@]2(C)CC3OC3(C)[C@@H]2C)c(O)c1. The molecule has 1 N–H and O–H groups in total. The summed E-state index contributed by atoms with van der Waals surface area (Å²) in [6.07, 6.45) is 1.39. The molecule has 0 amide bonds. The average Bonchev–Trinajstić information content (AvgIpc) is 2.83. The number of hydrogen-bond acceptors (Lipinski definition) is 2. The van der Waals surface area contributed by atoms with Gasteiger partial charge in [-0.3, -0.25) is 0 Å². The molecule has 0 spiro atoms. The van der Waals surface area contributed by atoms with E-state index in [0.717, 1.165) is 17.5 Å². The summed E-state index contributed by atoms with van der Waals surface area (Å²) in [6.45, 7) is 8.69. The zero-order valence-corrected chi connectivity index (χ0v) is 10.9. The van der Waals surface area contributed by atoms with E-state index in [1.54, 1.807) is 0 Å². The Morgan fingerprint density at radius 1 is 1.35 bits per heavy atom. The van der Waals surface area contributed by atoms with Crippen molar-refractivity contribution in [3.8, 4) is 5.75 Å². The second kappa shape index (κ2) is 3.05. The molecule has 2 fully saturated rings. The van der Waals surface area contributed by atoms with Crippen molar-refractivity contribution in [1.82, 2.24) is 0 Å². The molecule has 2 aliphatic rings. The van der Waals surface area contributed by atoms with Gasteiger partial charge in [0.05, 0.1) is 11.7 Å². The maximum absolute atomic E-state index is 10.2. The molecule has 1 heterocycles. The third kappa shape index (κ3) is 1.30. The molecule has 1 aliphatic carbocycles. The first-order valence-corrected chi connectivity index (χ1v) is 6.36. The highest BCUT2D eigenvalue weighted by Crippen LogP contribution is 2.63. The summed E-state index contributed by atoms with van der Waals surface area (Å²) in [7, 11) is 0. The van der Waals surface area contributed by atoms with Gasteiger partial charge in [-0.25, -0.2) is 0 Å². The molecule has 1 aromatic carbocycles. The van der Waals surface area contributed by atoms with Crippen molar-refractivity contribution in [2.45, 2.75) is 51.2 Å². The molecule has 0 bridgehead atoms. The van der Waals surface area contributed by atoms with Crippen LogP contribution in [0.1, 0.15) is 38.3 Å². The molecule has 0 radical (unpaired) electrons. The summed E-state index contributed by atoms with van der Waals surface area (Å²) < 4.78 is 5.75. The number of epoxide rings is 1. The van der Waals surface area contributed by atoms with Crippen molar-refractivity contribution in [2.24, 2.45) is 5.92 Å². The van der Waals surface area contributed by atoms with Crippen LogP contribution in [0.25, 0.3) is 0 Å². The first-order chi connectivity index (χ1) is 7.88. The lowest BCUT2D eigenvalue weighted by Crippen LogP contribution is -2.33. The van der Waals surface area contributed by atoms with Crippen LogP contribution in [-0.4, -0.2) is 16.8 Å². The van der Waals surface area contributed by atoms with Crippen molar-refractivity contribution < 1.29 is 9.84 Å². The Kier molecular flexibility index (Phi) is 1.99. The van der Waals surface area contributed by atoms with Crippen LogP contribution in [0.4, 0.5) is 0 Å². The van der Waals surface area contributed by atoms with E-state index < -0.39 is 0 Å². The smallest absolute Gasteiger partial charge is 0.119 e. The molecule has 2 heteroatoms. The lowest BCUT2D eigenvalue weighted by atomic mass is 9.71. The molecule has 2 nitrogen and oxygen atoms in total. The first kappa shape index (κ1) is 11.1. The predicted molar refractivity (Wildman–Crippen MR) is 67.3 cm³/mol. The van der Waals surface area contributed by atoms with Crippen LogP contribution in [0.15, 0.2) is 18.2 Å². The van der Waals surface area contributed by atoms with Crippen LogP contribution in [0, 0.1) is 12.8 Å². The number of phenols is 1. The summed E-state index contributed by atoms with van der Waals surface area (Å²) in [4.78, 5) is 0. The first-order valence-electron chi connectivity index (χ1n) is 6.36. The average molecular weight is 232 g/mol. The van der Waals surface area contributed by atoms with Crippen LogP contribution < -0.4 is 0 Å². The van der Waals surface area contributed by atoms with Crippen LogP contribution >= 0.6 is 0 Å². The number of rotatable bonds is 1. The standard InChI is InChI=1S/C15H20O2/c1-9-5-6-11(12(16)7-9)14(3)8-13-15(4,17-13)10(14)2/h5-7,10,13,16H,8H2,1-4H3/t10-,13?,14-,15?/m1/s1. The van der Waals surface area contributed by atoms with Gasteiger partial charge in [-0.15, -0.1) is 0 Å². The highest BCUT2D eigenvalue weighted by atomic mass is 16.6. The van der Waals surface area contributed by atoms with Crippen LogP contribution in [0.3, 0.4) is 0 Å². The maximum atomic E-state index is 10.2. The molecule has 1 aliphatic heterocycles. The third-order valence-electron chi connectivity index (χ3n) is 5.17. The van der Waals surface area contributed by atoms with E-state index in [2.05, 4.69) is 32.9 Å². The number of fused-ring (bicyclic) bond motifs is 1. The number of aryl methyl sites for hydroxylation is 1. The van der Waals surface area contributed by atoms with Gasteiger partial charge in [0.1, 0.15) is 5.75 Å². The number of phenolic OH excluding ortho intramolecular Hbond substituents is 1. The summed E-state index contributed by atoms with van der Waals surface area (Å²) in [5, 5.41) is 10.2. The van der Waals surface area contributed by atoms with Crippen molar-refractivity contribution >= 4 is 0 Å². The monoisotopic (exact) mass is 232 g/mol. The van der Waals surface area contributed by atoms with Crippen molar-refractivity contribution in [3.05, 3.63) is 29.3 Å². The second-order valence-electron chi connectivity index (χ2n) is 6.15. The van der Waals surface area contributed by atoms with Gasteiger partial charge in [0.25, 0.3) is 0 Å². The Morgan fingerprint density at radius 2 is 2.06 bits per heavy atom. The zero-order valence-electron chi connectivity index (χ0n) is 10.9. The van der Waals surface area contributed by atoms with Gasteiger partial charge in [-0.05, 0) is 37.8 Å². The fourth-order valence-electron chi connectivity index (χ4n) is 3.56. The van der Waals surface area contributed by atoms with Gasteiger partial charge in [0, 0.05) is 11.0 Å². The van der Waals surface area contributed by atoms with Crippen molar-refractivity contribution in [3.63, 3.8) is 0 Å². The van der Waals surface area contributed by atoms with Gasteiger partial charge in [0.2, 0.25) is 0 Å². The highest BCUT2D eigenvalue weighted by Gasteiger charge is 2.68. The van der Waals surface area contributed by atoms with E-state index in [1.165, 1.54) is 0 Å². The van der Waals surface area contributed by atoms with Crippen LogP contribution in [0.2, 0.25) is 0 Å². The van der Waals surface area contributed by atoms with E-state index in [0.29, 0.717) is 17.8 Å². The highest BCUT2D eigenvalue weighted by molar-refractivity contribution is 5.44.